The van der Waals surface area contributed by atoms with Crippen LogP contribution in [0.15, 0.2) is 18.2 Å². The van der Waals surface area contributed by atoms with Crippen LogP contribution in [-0.2, 0) is 4.79 Å². The normalized spacial score (nSPS) is 9.79. The van der Waals surface area contributed by atoms with Gasteiger partial charge in [0.15, 0.2) is 0 Å². The molecular formula is C14H17ClN2O2. The molecule has 0 aliphatic heterocycles. The Morgan fingerprint density at radius 3 is 2.89 bits per heavy atom. The van der Waals surface area contributed by atoms with Gasteiger partial charge in [0.05, 0.1) is 25.5 Å². The molecule has 1 aromatic carbocycles. The average Bonchev–Trinajstić information content (AvgIpc) is 2.39. The third-order valence-corrected chi connectivity index (χ3v) is 3.12. The van der Waals surface area contributed by atoms with Gasteiger partial charge in [-0.05, 0) is 30.7 Å². The van der Waals surface area contributed by atoms with Crippen molar-refractivity contribution in [1.29, 1.82) is 5.26 Å². The summed E-state index contributed by atoms with van der Waals surface area (Å²) in [6, 6.07) is 7.40. The maximum absolute atomic E-state index is 11.7. The molecule has 19 heavy (non-hydrogen) atoms. The predicted molar refractivity (Wildman–Crippen MR) is 74.2 cm³/mol. The van der Waals surface area contributed by atoms with Crippen molar-refractivity contribution in [3.05, 3.63) is 28.8 Å². The first kappa shape index (κ1) is 15.3. The molecular weight excluding hydrogens is 264 g/mol. The number of nitriles is 1. The second-order valence-electron chi connectivity index (χ2n) is 4.23. The monoisotopic (exact) mass is 280 g/mol. The van der Waals surface area contributed by atoms with Crippen molar-refractivity contribution in [2.24, 2.45) is 0 Å². The Bertz CT molecular complexity index is 483. The number of hydrogen-bond donors (Lipinski definition) is 0. The Morgan fingerprint density at radius 1 is 1.53 bits per heavy atom. The molecule has 0 N–H and O–H groups in total. The number of halogens is 1. The van der Waals surface area contributed by atoms with Crippen molar-refractivity contribution in [2.75, 3.05) is 20.2 Å². The van der Waals surface area contributed by atoms with Crippen LogP contribution >= 0.6 is 11.6 Å². The van der Waals surface area contributed by atoms with Crippen LogP contribution in [0.2, 0.25) is 5.02 Å². The molecule has 0 atom stereocenters. The molecule has 0 heterocycles. The van der Waals surface area contributed by atoms with Crippen LogP contribution in [0.1, 0.15) is 18.4 Å². The Hall–Kier alpha value is -1.73. The van der Waals surface area contributed by atoms with Gasteiger partial charge in [-0.2, -0.15) is 5.26 Å². The van der Waals surface area contributed by atoms with Gasteiger partial charge in [0.1, 0.15) is 5.75 Å². The van der Waals surface area contributed by atoms with E-state index < -0.39 is 0 Å². The molecule has 1 amide bonds. The summed E-state index contributed by atoms with van der Waals surface area (Å²) in [4.78, 5) is 13.2. The number of aryl methyl sites for hydroxylation is 1. The number of carbonyl (C=O) groups is 1. The van der Waals surface area contributed by atoms with Gasteiger partial charge >= 0.3 is 0 Å². The van der Waals surface area contributed by atoms with Gasteiger partial charge in [0.2, 0.25) is 5.91 Å². The third kappa shape index (κ3) is 5.19. The molecule has 0 saturated carbocycles. The minimum absolute atomic E-state index is 0.0269. The Kier molecular flexibility index (Phi) is 6.17. The van der Waals surface area contributed by atoms with Gasteiger partial charge in [-0.1, -0.05) is 11.6 Å². The lowest BCUT2D eigenvalue weighted by Gasteiger charge is -2.15. The van der Waals surface area contributed by atoms with E-state index in [0.29, 0.717) is 36.8 Å². The van der Waals surface area contributed by atoms with E-state index in [9.17, 15) is 4.79 Å². The highest BCUT2D eigenvalue weighted by atomic mass is 35.5. The van der Waals surface area contributed by atoms with E-state index in [1.165, 1.54) is 0 Å². The summed E-state index contributed by atoms with van der Waals surface area (Å²) in [6.45, 7) is 2.67. The van der Waals surface area contributed by atoms with Gasteiger partial charge in [-0.25, -0.2) is 0 Å². The first-order valence-electron chi connectivity index (χ1n) is 6.04. The van der Waals surface area contributed by atoms with E-state index in [1.54, 1.807) is 24.1 Å². The van der Waals surface area contributed by atoms with E-state index in [0.717, 1.165) is 5.56 Å². The van der Waals surface area contributed by atoms with Crippen LogP contribution in [0, 0.1) is 18.3 Å². The van der Waals surface area contributed by atoms with Crippen molar-refractivity contribution in [1.82, 2.24) is 4.90 Å². The quantitative estimate of drug-likeness (QED) is 0.805. The standard InChI is InChI=1S/C14H17ClN2O2/c1-11-10-12(4-5-13(11)15)19-9-6-14(18)17(2)8-3-7-16/h4-5,10H,3,6,8-9H2,1-2H3. The topological polar surface area (TPSA) is 53.3 Å². The lowest BCUT2D eigenvalue weighted by atomic mass is 10.2. The number of rotatable bonds is 6. The molecule has 0 aromatic heterocycles. The van der Waals surface area contributed by atoms with Crippen LogP contribution in [0.5, 0.6) is 5.75 Å². The maximum Gasteiger partial charge on any atom is 0.225 e. The summed E-state index contributed by atoms with van der Waals surface area (Å²) in [6.07, 6.45) is 0.642. The van der Waals surface area contributed by atoms with E-state index in [-0.39, 0.29) is 5.91 Å². The molecule has 4 nitrogen and oxygen atoms in total. The van der Waals surface area contributed by atoms with Gasteiger partial charge in [0.25, 0.3) is 0 Å². The number of hydrogen-bond acceptors (Lipinski definition) is 3. The highest BCUT2D eigenvalue weighted by molar-refractivity contribution is 6.31. The van der Waals surface area contributed by atoms with Gasteiger partial charge in [-0.15, -0.1) is 0 Å². The summed E-state index contributed by atoms with van der Waals surface area (Å²) in [5.74, 6) is 0.676. The highest BCUT2D eigenvalue weighted by Gasteiger charge is 2.08. The molecule has 1 aromatic rings. The molecule has 0 aliphatic carbocycles. The fraction of sp³-hybridized carbons (Fsp3) is 0.429. The van der Waals surface area contributed by atoms with E-state index in [1.807, 2.05) is 19.1 Å². The molecule has 0 bridgehead atoms. The molecule has 0 unspecified atom stereocenters. The van der Waals surface area contributed by atoms with E-state index in [4.69, 9.17) is 21.6 Å². The largest absolute Gasteiger partial charge is 0.493 e. The van der Waals surface area contributed by atoms with Crippen LogP contribution in [-0.4, -0.2) is 31.0 Å². The zero-order valence-corrected chi connectivity index (χ0v) is 11.9. The second kappa shape index (κ2) is 7.65. The molecule has 5 heteroatoms. The number of nitrogens with zero attached hydrogens (tertiary/aromatic N) is 2. The van der Waals surface area contributed by atoms with Gasteiger partial charge in [-0.3, -0.25) is 4.79 Å². The highest BCUT2D eigenvalue weighted by Crippen LogP contribution is 2.21. The second-order valence-corrected chi connectivity index (χ2v) is 4.64. The zero-order valence-electron chi connectivity index (χ0n) is 11.1. The molecule has 0 saturated heterocycles. The Morgan fingerprint density at radius 2 is 2.26 bits per heavy atom. The fourth-order valence-corrected chi connectivity index (χ4v) is 1.61. The summed E-state index contributed by atoms with van der Waals surface area (Å²) < 4.78 is 5.50. The minimum atomic E-state index is -0.0269. The third-order valence-electron chi connectivity index (χ3n) is 2.70. The van der Waals surface area contributed by atoms with Crippen molar-refractivity contribution < 1.29 is 9.53 Å². The molecule has 0 aliphatic rings. The van der Waals surface area contributed by atoms with Crippen molar-refractivity contribution in [3.63, 3.8) is 0 Å². The summed E-state index contributed by atoms with van der Waals surface area (Å²) >= 11 is 5.91. The SMILES string of the molecule is Cc1cc(OCCC(=O)N(C)CCC#N)ccc1Cl. The predicted octanol–water partition coefficient (Wildman–Crippen LogP) is 2.79. The number of ether oxygens (including phenoxy) is 1. The maximum atomic E-state index is 11.7. The van der Waals surface area contributed by atoms with E-state index in [2.05, 4.69) is 0 Å². The number of carbonyl (C=O) groups excluding carboxylic acids is 1. The van der Waals surface area contributed by atoms with Crippen LogP contribution in [0.4, 0.5) is 0 Å². The summed E-state index contributed by atoms with van der Waals surface area (Å²) in [7, 11) is 1.69. The van der Waals surface area contributed by atoms with E-state index >= 15 is 0 Å². The first-order chi connectivity index (χ1) is 9.04. The van der Waals surface area contributed by atoms with Crippen LogP contribution < -0.4 is 4.74 Å². The molecule has 0 fully saturated rings. The molecule has 0 radical (unpaired) electrons. The number of amides is 1. The number of benzene rings is 1. The van der Waals surface area contributed by atoms with Crippen molar-refractivity contribution in [3.8, 4) is 11.8 Å². The first-order valence-corrected chi connectivity index (χ1v) is 6.42. The Balaban J connectivity index is 2.35. The average molecular weight is 281 g/mol. The van der Waals surface area contributed by atoms with Crippen molar-refractivity contribution >= 4 is 17.5 Å². The minimum Gasteiger partial charge on any atom is -0.493 e. The fourth-order valence-electron chi connectivity index (χ4n) is 1.50. The van der Waals surface area contributed by atoms with Crippen LogP contribution in [0.3, 0.4) is 0 Å². The van der Waals surface area contributed by atoms with Crippen molar-refractivity contribution in [2.45, 2.75) is 19.8 Å². The summed E-state index contributed by atoms with van der Waals surface area (Å²) in [5, 5.41) is 9.14. The molecule has 102 valence electrons. The smallest absolute Gasteiger partial charge is 0.225 e. The van der Waals surface area contributed by atoms with Crippen LogP contribution in [0.25, 0.3) is 0 Å². The lowest BCUT2D eigenvalue weighted by molar-refractivity contribution is -0.130. The summed E-state index contributed by atoms with van der Waals surface area (Å²) in [5.41, 5.74) is 0.941. The lowest BCUT2D eigenvalue weighted by Crippen LogP contribution is -2.28. The van der Waals surface area contributed by atoms with Gasteiger partial charge < -0.3 is 9.64 Å². The Labute approximate surface area is 118 Å². The van der Waals surface area contributed by atoms with Gasteiger partial charge in [0, 0.05) is 18.6 Å². The molecule has 1 rings (SSSR count). The zero-order chi connectivity index (χ0) is 14.3. The molecule has 0 spiro atoms.